The number of piperidine rings is 1. The van der Waals surface area contributed by atoms with Gasteiger partial charge in [0.05, 0.1) is 11.8 Å². The van der Waals surface area contributed by atoms with E-state index in [-0.39, 0.29) is 34.7 Å². The third-order valence-electron chi connectivity index (χ3n) is 5.79. The molecule has 2 unspecified atom stereocenters. The van der Waals surface area contributed by atoms with Crippen molar-refractivity contribution in [2.45, 2.75) is 18.9 Å². The molecule has 2 bridgehead atoms. The second kappa shape index (κ2) is 7.29. The molecule has 2 amide bonds. The summed E-state index contributed by atoms with van der Waals surface area (Å²) >= 11 is 0. The summed E-state index contributed by atoms with van der Waals surface area (Å²) in [5, 5.41) is 2.64. The smallest absolute Gasteiger partial charge is 0.291 e. The number of carbonyl (C=O) groups is 2. The van der Waals surface area contributed by atoms with E-state index in [1.807, 2.05) is 11.0 Å². The summed E-state index contributed by atoms with van der Waals surface area (Å²) < 4.78 is 6.83. The van der Waals surface area contributed by atoms with Crippen LogP contribution in [0.5, 0.6) is 0 Å². The maximum absolute atomic E-state index is 13.0. The molecule has 2 aliphatic rings. The van der Waals surface area contributed by atoms with E-state index in [1.54, 1.807) is 47.3 Å². The standard InChI is InChI=1S/C22H20N4O4/c27-20(19-4-2-8-30-19)24-17-5-6-18-16-9-14(12-26(18)22(17)29)11-25(13-16)21(28)15-3-1-7-23-10-15/h1-8,10,14,16H,9,11-13H2,(H,24,27). The predicted molar refractivity (Wildman–Crippen MR) is 108 cm³/mol. The predicted octanol–water partition coefficient (Wildman–Crippen LogP) is 2.35. The number of furan rings is 1. The van der Waals surface area contributed by atoms with Gasteiger partial charge in [0.15, 0.2) is 5.76 Å². The molecule has 8 heteroatoms. The van der Waals surface area contributed by atoms with Crippen molar-refractivity contribution in [2.75, 3.05) is 18.4 Å². The number of pyridine rings is 2. The molecule has 1 fully saturated rings. The number of amides is 2. The highest BCUT2D eigenvalue weighted by molar-refractivity contribution is 6.02. The van der Waals surface area contributed by atoms with Gasteiger partial charge in [-0.1, -0.05) is 0 Å². The van der Waals surface area contributed by atoms with Crippen molar-refractivity contribution in [1.29, 1.82) is 0 Å². The number of carbonyl (C=O) groups excluding carboxylic acids is 2. The van der Waals surface area contributed by atoms with Gasteiger partial charge >= 0.3 is 0 Å². The van der Waals surface area contributed by atoms with Crippen LogP contribution in [-0.4, -0.2) is 39.4 Å². The summed E-state index contributed by atoms with van der Waals surface area (Å²) in [4.78, 5) is 44.0. The van der Waals surface area contributed by atoms with Crippen LogP contribution in [0, 0.1) is 5.92 Å². The summed E-state index contributed by atoms with van der Waals surface area (Å²) in [7, 11) is 0. The molecule has 0 saturated carbocycles. The van der Waals surface area contributed by atoms with Gasteiger partial charge in [0.2, 0.25) is 0 Å². The molecule has 0 aliphatic carbocycles. The Morgan fingerprint density at radius 3 is 2.77 bits per heavy atom. The van der Waals surface area contributed by atoms with Crippen molar-refractivity contribution in [1.82, 2.24) is 14.5 Å². The SMILES string of the molecule is O=C(Nc1ccc2n(c1=O)CC1CC2CN(C(=O)c2cccnc2)C1)c1ccco1. The van der Waals surface area contributed by atoms with Crippen LogP contribution in [-0.2, 0) is 6.54 Å². The third kappa shape index (κ3) is 3.20. The molecular weight excluding hydrogens is 384 g/mol. The van der Waals surface area contributed by atoms with Gasteiger partial charge in [-0.15, -0.1) is 0 Å². The molecule has 5 rings (SSSR count). The first-order valence-electron chi connectivity index (χ1n) is 9.88. The van der Waals surface area contributed by atoms with Crippen molar-refractivity contribution >= 4 is 17.5 Å². The summed E-state index contributed by atoms with van der Waals surface area (Å²) in [6, 6.07) is 10.2. The lowest BCUT2D eigenvalue weighted by atomic mass is 9.83. The summed E-state index contributed by atoms with van der Waals surface area (Å²) in [5.74, 6) is -0.0670. The fraction of sp³-hybridized carbons (Fsp3) is 0.273. The average molecular weight is 404 g/mol. The Hall–Kier alpha value is -3.68. The van der Waals surface area contributed by atoms with Gasteiger partial charge in [-0.25, -0.2) is 0 Å². The number of rotatable bonds is 3. The highest BCUT2D eigenvalue weighted by Crippen LogP contribution is 2.36. The molecule has 3 aromatic rings. The van der Waals surface area contributed by atoms with Crippen LogP contribution >= 0.6 is 0 Å². The fourth-order valence-electron chi connectivity index (χ4n) is 4.47. The number of likely N-dealkylation sites (tertiary alicyclic amines) is 1. The molecule has 0 spiro atoms. The van der Waals surface area contributed by atoms with Crippen LogP contribution in [0.2, 0.25) is 0 Å². The quantitative estimate of drug-likeness (QED) is 0.723. The highest BCUT2D eigenvalue weighted by atomic mass is 16.3. The lowest BCUT2D eigenvalue weighted by Gasteiger charge is -2.42. The number of nitrogens with one attached hydrogen (secondary N) is 1. The van der Waals surface area contributed by atoms with E-state index in [4.69, 9.17) is 4.42 Å². The Kier molecular flexibility index (Phi) is 4.46. The van der Waals surface area contributed by atoms with E-state index in [0.29, 0.717) is 25.2 Å². The Balaban J connectivity index is 1.39. The maximum atomic E-state index is 13.0. The highest BCUT2D eigenvalue weighted by Gasteiger charge is 2.37. The molecule has 2 aliphatic heterocycles. The molecule has 152 valence electrons. The summed E-state index contributed by atoms with van der Waals surface area (Å²) in [6.07, 6.45) is 5.58. The fourth-order valence-corrected chi connectivity index (χ4v) is 4.47. The first kappa shape index (κ1) is 18.4. The Morgan fingerprint density at radius 1 is 1.10 bits per heavy atom. The van der Waals surface area contributed by atoms with Crippen LogP contribution in [0.25, 0.3) is 0 Å². The van der Waals surface area contributed by atoms with E-state index >= 15 is 0 Å². The molecule has 2 atom stereocenters. The van der Waals surface area contributed by atoms with Gasteiger partial charge in [-0.3, -0.25) is 19.4 Å². The first-order valence-corrected chi connectivity index (χ1v) is 9.88. The molecule has 1 saturated heterocycles. The van der Waals surface area contributed by atoms with Crippen LogP contribution in [0.4, 0.5) is 5.69 Å². The second-order valence-corrected chi connectivity index (χ2v) is 7.77. The molecule has 5 heterocycles. The van der Waals surface area contributed by atoms with Gasteiger partial charge in [-0.05, 0) is 48.7 Å². The van der Waals surface area contributed by atoms with Crippen LogP contribution < -0.4 is 10.9 Å². The largest absolute Gasteiger partial charge is 0.459 e. The first-order chi connectivity index (χ1) is 14.6. The van der Waals surface area contributed by atoms with Crippen molar-refractivity contribution in [3.05, 3.63) is 82.4 Å². The molecule has 0 aromatic carbocycles. The van der Waals surface area contributed by atoms with E-state index in [1.165, 1.54) is 6.26 Å². The number of hydrogen-bond acceptors (Lipinski definition) is 5. The van der Waals surface area contributed by atoms with Gasteiger partial charge in [0.1, 0.15) is 5.69 Å². The van der Waals surface area contributed by atoms with Crippen molar-refractivity contribution in [2.24, 2.45) is 5.92 Å². The van der Waals surface area contributed by atoms with Gasteiger partial charge < -0.3 is 19.2 Å². The van der Waals surface area contributed by atoms with Crippen molar-refractivity contribution in [3.63, 3.8) is 0 Å². The third-order valence-corrected chi connectivity index (χ3v) is 5.79. The second-order valence-electron chi connectivity index (χ2n) is 7.77. The zero-order valence-corrected chi connectivity index (χ0v) is 16.2. The monoisotopic (exact) mass is 404 g/mol. The summed E-state index contributed by atoms with van der Waals surface area (Å²) in [6.45, 7) is 1.67. The molecule has 0 radical (unpaired) electrons. The minimum atomic E-state index is -0.457. The molecular formula is C22H20N4O4. The lowest BCUT2D eigenvalue weighted by molar-refractivity contribution is 0.0594. The van der Waals surface area contributed by atoms with Gasteiger partial charge in [0.25, 0.3) is 17.4 Å². The van der Waals surface area contributed by atoms with E-state index in [0.717, 1.165) is 12.1 Å². The van der Waals surface area contributed by atoms with Gasteiger partial charge in [-0.2, -0.15) is 0 Å². The zero-order valence-electron chi connectivity index (χ0n) is 16.2. The maximum Gasteiger partial charge on any atom is 0.291 e. The van der Waals surface area contributed by atoms with Crippen molar-refractivity contribution < 1.29 is 14.0 Å². The Bertz CT molecular complexity index is 1150. The van der Waals surface area contributed by atoms with Crippen molar-refractivity contribution in [3.8, 4) is 0 Å². The molecule has 8 nitrogen and oxygen atoms in total. The van der Waals surface area contributed by atoms with E-state index in [2.05, 4.69) is 10.3 Å². The van der Waals surface area contributed by atoms with Crippen LogP contribution in [0.15, 0.2) is 64.3 Å². The minimum Gasteiger partial charge on any atom is -0.459 e. The Morgan fingerprint density at radius 2 is 2.00 bits per heavy atom. The van der Waals surface area contributed by atoms with Crippen LogP contribution in [0.3, 0.4) is 0 Å². The van der Waals surface area contributed by atoms with E-state index in [9.17, 15) is 14.4 Å². The Labute approximate surface area is 172 Å². The molecule has 30 heavy (non-hydrogen) atoms. The zero-order chi connectivity index (χ0) is 20.7. The number of anilines is 1. The normalized spacial score (nSPS) is 19.8. The van der Waals surface area contributed by atoms with E-state index < -0.39 is 5.91 Å². The average Bonchev–Trinajstić information content (AvgIpc) is 3.31. The summed E-state index contributed by atoms with van der Waals surface area (Å²) in [5.41, 5.74) is 1.47. The number of fused-ring (bicyclic) bond motifs is 4. The van der Waals surface area contributed by atoms with Crippen LogP contribution in [0.1, 0.15) is 38.9 Å². The lowest BCUT2D eigenvalue weighted by Crippen LogP contribution is -2.49. The number of hydrogen-bond donors (Lipinski definition) is 1. The molecule has 1 N–H and O–H groups in total. The minimum absolute atomic E-state index is 0.0315. The number of aromatic nitrogens is 2. The topological polar surface area (TPSA) is 97.4 Å². The molecule has 3 aromatic heterocycles. The van der Waals surface area contributed by atoms with Gasteiger partial charge in [0, 0.05) is 43.6 Å². The number of nitrogens with zero attached hydrogens (tertiary/aromatic N) is 3.